The Bertz CT molecular complexity index is 929. The summed E-state index contributed by atoms with van der Waals surface area (Å²) in [5.41, 5.74) is 4.12. The number of benzene rings is 2. The fourth-order valence-electron chi connectivity index (χ4n) is 3.32. The second-order valence-corrected chi connectivity index (χ2v) is 8.54. The maximum absolute atomic E-state index is 13.3. The second kappa shape index (κ2) is 9.32. The lowest BCUT2D eigenvalue weighted by atomic mass is 9.94. The standard InChI is InChI=1S/C25H29ClN2O/c1-20-11-13-22(14-12-20)16-27-15-7-10-23(27)18-28(24(29)25(2,3)19-26)17-21-8-5-4-6-9-21/h4-15H,16-19H2,1-3H3. The third-order valence-corrected chi connectivity index (χ3v) is 5.83. The minimum atomic E-state index is -0.606. The molecule has 4 heteroatoms. The predicted octanol–water partition coefficient (Wildman–Crippen LogP) is 5.64. The van der Waals surface area contributed by atoms with Gasteiger partial charge in [-0.2, -0.15) is 0 Å². The number of alkyl halides is 1. The molecule has 0 N–H and O–H groups in total. The van der Waals surface area contributed by atoms with Gasteiger partial charge in [0.25, 0.3) is 0 Å². The molecule has 3 nitrogen and oxygen atoms in total. The Labute approximate surface area is 178 Å². The average molecular weight is 409 g/mol. The molecule has 3 aromatic rings. The van der Waals surface area contributed by atoms with Gasteiger partial charge in [-0.3, -0.25) is 4.79 Å². The number of rotatable bonds is 8. The van der Waals surface area contributed by atoms with Crippen molar-refractivity contribution in [1.29, 1.82) is 0 Å². The summed E-state index contributed by atoms with van der Waals surface area (Å²) in [6.45, 7) is 7.81. The van der Waals surface area contributed by atoms with Gasteiger partial charge in [-0.15, -0.1) is 11.6 Å². The molecule has 0 fully saturated rings. The Morgan fingerprint density at radius 3 is 2.28 bits per heavy atom. The average Bonchev–Trinajstić information content (AvgIpc) is 3.16. The minimum absolute atomic E-state index is 0.0689. The summed E-state index contributed by atoms with van der Waals surface area (Å²) >= 11 is 6.12. The van der Waals surface area contributed by atoms with Gasteiger partial charge in [-0.05, 0) is 44.0 Å². The summed E-state index contributed by atoms with van der Waals surface area (Å²) in [5.74, 6) is 0.362. The van der Waals surface area contributed by atoms with E-state index in [1.165, 1.54) is 11.1 Å². The van der Waals surface area contributed by atoms with Crippen LogP contribution in [-0.2, 0) is 24.4 Å². The van der Waals surface area contributed by atoms with Crippen LogP contribution in [0.4, 0.5) is 0 Å². The minimum Gasteiger partial charge on any atom is -0.345 e. The number of amides is 1. The molecule has 0 spiro atoms. The van der Waals surface area contributed by atoms with Gasteiger partial charge in [0, 0.05) is 30.9 Å². The molecule has 0 aliphatic carbocycles. The van der Waals surface area contributed by atoms with Gasteiger partial charge in [-0.1, -0.05) is 60.2 Å². The molecule has 0 saturated heterocycles. The van der Waals surface area contributed by atoms with E-state index in [4.69, 9.17) is 11.6 Å². The number of aryl methyl sites for hydroxylation is 1. The first kappa shape index (κ1) is 21.2. The van der Waals surface area contributed by atoms with Gasteiger partial charge < -0.3 is 9.47 Å². The van der Waals surface area contributed by atoms with Crippen LogP contribution in [0.5, 0.6) is 0 Å². The largest absolute Gasteiger partial charge is 0.345 e. The molecule has 0 saturated carbocycles. The van der Waals surface area contributed by atoms with E-state index in [1.807, 2.05) is 43.0 Å². The number of halogens is 1. The number of carbonyl (C=O) groups excluding carboxylic acids is 1. The monoisotopic (exact) mass is 408 g/mol. The van der Waals surface area contributed by atoms with Crippen LogP contribution in [0.15, 0.2) is 72.9 Å². The highest BCUT2D eigenvalue weighted by atomic mass is 35.5. The van der Waals surface area contributed by atoms with Crippen molar-refractivity contribution in [3.8, 4) is 0 Å². The van der Waals surface area contributed by atoms with Crippen LogP contribution in [0.25, 0.3) is 0 Å². The quantitative estimate of drug-likeness (QED) is 0.443. The number of hydrogen-bond donors (Lipinski definition) is 0. The molecule has 0 aliphatic heterocycles. The van der Waals surface area contributed by atoms with Crippen molar-refractivity contribution in [2.24, 2.45) is 5.41 Å². The first-order chi connectivity index (χ1) is 13.9. The zero-order valence-corrected chi connectivity index (χ0v) is 18.2. The molecule has 3 rings (SSSR count). The lowest BCUT2D eigenvalue weighted by molar-refractivity contribution is -0.140. The predicted molar refractivity (Wildman–Crippen MR) is 120 cm³/mol. The Morgan fingerprint density at radius 1 is 0.931 bits per heavy atom. The smallest absolute Gasteiger partial charge is 0.230 e. The molecule has 0 bridgehead atoms. The van der Waals surface area contributed by atoms with Crippen molar-refractivity contribution in [3.05, 3.63) is 95.3 Å². The third kappa shape index (κ3) is 5.51. The maximum atomic E-state index is 13.3. The van der Waals surface area contributed by atoms with E-state index in [-0.39, 0.29) is 5.91 Å². The van der Waals surface area contributed by atoms with E-state index >= 15 is 0 Å². The summed E-state index contributed by atoms with van der Waals surface area (Å²) in [6, 6.07) is 22.8. The van der Waals surface area contributed by atoms with Crippen LogP contribution < -0.4 is 0 Å². The lowest BCUT2D eigenvalue weighted by Crippen LogP contribution is -2.41. The normalized spacial score (nSPS) is 11.4. The Kier molecular flexibility index (Phi) is 6.81. The molecule has 2 aromatic carbocycles. The number of nitrogens with zero attached hydrogens (tertiary/aromatic N) is 2. The van der Waals surface area contributed by atoms with Crippen LogP contribution in [0.2, 0.25) is 0 Å². The molecule has 0 unspecified atom stereocenters. The van der Waals surface area contributed by atoms with Crippen LogP contribution in [-0.4, -0.2) is 21.3 Å². The molecular weight excluding hydrogens is 380 g/mol. The lowest BCUT2D eigenvalue weighted by Gasteiger charge is -2.31. The Hall–Kier alpha value is -2.52. The van der Waals surface area contributed by atoms with E-state index in [0.717, 1.165) is 17.8 Å². The van der Waals surface area contributed by atoms with Gasteiger partial charge in [0.15, 0.2) is 0 Å². The van der Waals surface area contributed by atoms with Gasteiger partial charge in [0.05, 0.1) is 12.0 Å². The topological polar surface area (TPSA) is 25.2 Å². The van der Waals surface area contributed by atoms with Crippen molar-refractivity contribution in [2.45, 2.75) is 40.4 Å². The molecular formula is C25H29ClN2O. The fraction of sp³-hybridized carbons (Fsp3) is 0.320. The first-order valence-electron chi connectivity index (χ1n) is 9.98. The highest BCUT2D eigenvalue weighted by molar-refractivity contribution is 6.19. The fourth-order valence-corrected chi connectivity index (χ4v) is 3.44. The van der Waals surface area contributed by atoms with Crippen LogP contribution >= 0.6 is 11.6 Å². The number of hydrogen-bond acceptors (Lipinski definition) is 1. The molecule has 152 valence electrons. The summed E-state index contributed by atoms with van der Waals surface area (Å²) < 4.78 is 2.21. The Morgan fingerprint density at radius 2 is 1.62 bits per heavy atom. The van der Waals surface area contributed by atoms with Gasteiger partial charge in [0.2, 0.25) is 5.91 Å². The Balaban J connectivity index is 1.83. The maximum Gasteiger partial charge on any atom is 0.230 e. The van der Waals surface area contributed by atoms with Gasteiger partial charge in [0.1, 0.15) is 0 Å². The molecule has 1 heterocycles. The van der Waals surface area contributed by atoms with Crippen molar-refractivity contribution >= 4 is 17.5 Å². The highest BCUT2D eigenvalue weighted by Crippen LogP contribution is 2.24. The molecule has 1 amide bonds. The summed E-state index contributed by atoms with van der Waals surface area (Å²) in [6.07, 6.45) is 2.08. The molecule has 1 aromatic heterocycles. The zero-order chi connectivity index (χ0) is 20.9. The van der Waals surface area contributed by atoms with Crippen molar-refractivity contribution in [2.75, 3.05) is 5.88 Å². The van der Waals surface area contributed by atoms with E-state index in [1.54, 1.807) is 0 Å². The first-order valence-corrected chi connectivity index (χ1v) is 10.5. The van der Waals surface area contributed by atoms with Gasteiger partial charge in [-0.25, -0.2) is 0 Å². The summed E-state index contributed by atoms with van der Waals surface area (Å²) in [5, 5.41) is 0. The van der Waals surface area contributed by atoms with Crippen LogP contribution in [0, 0.1) is 12.3 Å². The van der Waals surface area contributed by atoms with Crippen molar-refractivity contribution in [3.63, 3.8) is 0 Å². The number of carbonyl (C=O) groups is 1. The zero-order valence-electron chi connectivity index (χ0n) is 17.4. The number of aromatic nitrogens is 1. The molecule has 0 radical (unpaired) electrons. The highest BCUT2D eigenvalue weighted by Gasteiger charge is 2.31. The van der Waals surface area contributed by atoms with E-state index in [2.05, 4.69) is 60.2 Å². The van der Waals surface area contributed by atoms with Crippen LogP contribution in [0.3, 0.4) is 0 Å². The van der Waals surface area contributed by atoms with E-state index in [9.17, 15) is 4.79 Å². The van der Waals surface area contributed by atoms with E-state index < -0.39 is 5.41 Å². The van der Waals surface area contributed by atoms with Crippen molar-refractivity contribution in [1.82, 2.24) is 9.47 Å². The van der Waals surface area contributed by atoms with Crippen molar-refractivity contribution < 1.29 is 4.79 Å². The molecule has 0 aliphatic rings. The van der Waals surface area contributed by atoms with E-state index in [0.29, 0.717) is 19.0 Å². The SMILES string of the molecule is Cc1ccc(Cn2cccc2CN(Cc2ccccc2)C(=O)C(C)(C)CCl)cc1. The van der Waals surface area contributed by atoms with Crippen LogP contribution in [0.1, 0.15) is 36.2 Å². The third-order valence-electron chi connectivity index (χ3n) is 5.17. The second-order valence-electron chi connectivity index (χ2n) is 8.28. The summed E-state index contributed by atoms with van der Waals surface area (Å²) in [4.78, 5) is 15.2. The summed E-state index contributed by atoms with van der Waals surface area (Å²) in [7, 11) is 0. The molecule has 0 atom stereocenters. The molecule has 29 heavy (non-hydrogen) atoms. The van der Waals surface area contributed by atoms with Gasteiger partial charge >= 0.3 is 0 Å².